The Balaban J connectivity index is 1.51. The smallest absolute Gasteiger partial charge is 0.234 e. The second-order valence-electron chi connectivity index (χ2n) is 5.32. The number of ether oxygens (including phenoxy) is 1. The van der Waals surface area contributed by atoms with E-state index in [-0.39, 0.29) is 11.7 Å². The van der Waals surface area contributed by atoms with E-state index in [0.29, 0.717) is 22.4 Å². The van der Waals surface area contributed by atoms with E-state index in [1.54, 1.807) is 13.2 Å². The molecule has 3 aromatic rings. The summed E-state index contributed by atoms with van der Waals surface area (Å²) < 4.78 is 5.14. The topological polar surface area (TPSA) is 79.9 Å². The van der Waals surface area contributed by atoms with E-state index in [2.05, 4.69) is 20.5 Å². The number of benzene rings is 2. The van der Waals surface area contributed by atoms with Crippen LogP contribution in [0, 0.1) is 0 Å². The van der Waals surface area contributed by atoms with Crippen LogP contribution in [0.5, 0.6) is 5.75 Å². The SMILES string of the molecule is COc1cccc(NC(=O)CSc2n[nH]c(/C=C/c3ccccc3)n2)c1. The monoisotopic (exact) mass is 366 g/mol. The van der Waals surface area contributed by atoms with Gasteiger partial charge in [-0.1, -0.05) is 54.2 Å². The maximum absolute atomic E-state index is 12.1. The number of nitrogens with one attached hydrogen (secondary N) is 2. The summed E-state index contributed by atoms with van der Waals surface area (Å²) >= 11 is 1.27. The van der Waals surface area contributed by atoms with E-state index >= 15 is 0 Å². The molecule has 0 bridgehead atoms. The maximum atomic E-state index is 12.1. The standard InChI is InChI=1S/C19H18N4O2S/c1-25-16-9-5-8-15(12-16)20-18(24)13-26-19-21-17(22-23-19)11-10-14-6-3-2-4-7-14/h2-12H,13H2,1H3,(H,20,24)(H,21,22,23)/b11-10+. The molecule has 2 aromatic carbocycles. The van der Waals surface area contributed by atoms with Gasteiger partial charge in [-0.2, -0.15) is 0 Å². The quantitative estimate of drug-likeness (QED) is 0.623. The van der Waals surface area contributed by atoms with Crippen molar-refractivity contribution in [3.63, 3.8) is 0 Å². The van der Waals surface area contributed by atoms with Crippen LogP contribution in [0.3, 0.4) is 0 Å². The summed E-state index contributed by atoms with van der Waals surface area (Å²) in [4.78, 5) is 16.4. The Morgan fingerprint density at radius 2 is 2.04 bits per heavy atom. The molecule has 1 heterocycles. The first-order chi connectivity index (χ1) is 12.7. The third kappa shape index (κ3) is 5.22. The molecule has 2 N–H and O–H groups in total. The highest BCUT2D eigenvalue weighted by atomic mass is 32.2. The van der Waals surface area contributed by atoms with Gasteiger partial charge < -0.3 is 10.1 Å². The molecule has 1 aromatic heterocycles. The Bertz CT molecular complexity index is 893. The highest BCUT2D eigenvalue weighted by Crippen LogP contribution is 2.18. The van der Waals surface area contributed by atoms with E-state index in [1.807, 2.05) is 60.7 Å². The fourth-order valence-corrected chi connectivity index (χ4v) is 2.77. The van der Waals surface area contributed by atoms with Gasteiger partial charge in [0.05, 0.1) is 12.9 Å². The number of methoxy groups -OCH3 is 1. The van der Waals surface area contributed by atoms with Crippen LogP contribution in [0.15, 0.2) is 59.8 Å². The zero-order chi connectivity index (χ0) is 18.2. The molecule has 1 amide bonds. The minimum Gasteiger partial charge on any atom is -0.497 e. The highest BCUT2D eigenvalue weighted by molar-refractivity contribution is 7.99. The average Bonchev–Trinajstić information content (AvgIpc) is 3.14. The summed E-state index contributed by atoms with van der Waals surface area (Å²) in [5.41, 5.74) is 1.77. The van der Waals surface area contributed by atoms with Gasteiger partial charge in [-0.3, -0.25) is 9.89 Å². The summed E-state index contributed by atoms with van der Waals surface area (Å²) in [6, 6.07) is 17.1. The van der Waals surface area contributed by atoms with Gasteiger partial charge in [0.1, 0.15) is 11.6 Å². The van der Waals surface area contributed by atoms with Crippen LogP contribution in [-0.2, 0) is 4.79 Å². The first kappa shape index (κ1) is 17.8. The van der Waals surface area contributed by atoms with Crippen LogP contribution in [0.4, 0.5) is 5.69 Å². The van der Waals surface area contributed by atoms with Crippen LogP contribution in [0.1, 0.15) is 11.4 Å². The van der Waals surface area contributed by atoms with E-state index < -0.39 is 0 Å². The van der Waals surface area contributed by atoms with Gasteiger partial charge in [0.25, 0.3) is 0 Å². The van der Waals surface area contributed by atoms with Gasteiger partial charge in [-0.15, -0.1) is 5.10 Å². The number of H-pyrrole nitrogens is 1. The molecule has 0 spiro atoms. The van der Waals surface area contributed by atoms with Crippen molar-refractivity contribution in [1.82, 2.24) is 15.2 Å². The summed E-state index contributed by atoms with van der Waals surface area (Å²) in [5.74, 6) is 1.43. The Labute approximate surface area is 155 Å². The van der Waals surface area contributed by atoms with Crippen LogP contribution < -0.4 is 10.1 Å². The number of amides is 1. The van der Waals surface area contributed by atoms with Crippen molar-refractivity contribution in [1.29, 1.82) is 0 Å². The number of aromatic amines is 1. The molecule has 0 aliphatic rings. The lowest BCUT2D eigenvalue weighted by Gasteiger charge is -2.06. The van der Waals surface area contributed by atoms with Gasteiger partial charge >= 0.3 is 0 Å². The molecule has 0 atom stereocenters. The number of hydrogen-bond acceptors (Lipinski definition) is 5. The highest BCUT2D eigenvalue weighted by Gasteiger charge is 2.07. The minimum atomic E-state index is -0.130. The molecule has 0 saturated carbocycles. The fourth-order valence-electron chi connectivity index (χ4n) is 2.16. The number of rotatable bonds is 7. The number of thioether (sulfide) groups is 1. The lowest BCUT2D eigenvalue weighted by molar-refractivity contribution is -0.113. The van der Waals surface area contributed by atoms with Gasteiger partial charge in [0.15, 0.2) is 0 Å². The molecule has 7 heteroatoms. The Morgan fingerprint density at radius 3 is 2.85 bits per heavy atom. The Kier molecular flexibility index (Phi) is 6.05. The Morgan fingerprint density at radius 1 is 1.19 bits per heavy atom. The number of aromatic nitrogens is 3. The summed E-state index contributed by atoms with van der Waals surface area (Å²) in [7, 11) is 1.59. The first-order valence-corrected chi connectivity index (χ1v) is 8.94. The van der Waals surface area contributed by atoms with Gasteiger partial charge in [-0.25, -0.2) is 4.98 Å². The zero-order valence-corrected chi connectivity index (χ0v) is 15.0. The lowest BCUT2D eigenvalue weighted by Crippen LogP contribution is -2.14. The third-order valence-electron chi connectivity index (χ3n) is 3.40. The van der Waals surface area contributed by atoms with Crippen molar-refractivity contribution in [2.24, 2.45) is 0 Å². The molecule has 6 nitrogen and oxygen atoms in total. The van der Waals surface area contributed by atoms with E-state index in [1.165, 1.54) is 11.8 Å². The average molecular weight is 366 g/mol. The molecule has 26 heavy (non-hydrogen) atoms. The van der Waals surface area contributed by atoms with Gasteiger partial charge in [0, 0.05) is 11.8 Å². The van der Waals surface area contributed by atoms with Crippen molar-refractivity contribution >= 4 is 35.5 Å². The van der Waals surface area contributed by atoms with E-state index in [9.17, 15) is 4.79 Å². The second kappa shape index (κ2) is 8.87. The van der Waals surface area contributed by atoms with E-state index in [4.69, 9.17) is 4.74 Å². The molecular formula is C19H18N4O2S. The fraction of sp³-hybridized carbons (Fsp3) is 0.105. The molecule has 3 rings (SSSR count). The maximum Gasteiger partial charge on any atom is 0.234 e. The molecule has 0 aliphatic heterocycles. The van der Waals surface area contributed by atoms with Crippen LogP contribution in [0.25, 0.3) is 12.2 Å². The molecule has 0 aliphatic carbocycles. The van der Waals surface area contributed by atoms with Crippen molar-refractivity contribution in [2.75, 3.05) is 18.2 Å². The van der Waals surface area contributed by atoms with Crippen LogP contribution >= 0.6 is 11.8 Å². The molecule has 132 valence electrons. The number of carbonyl (C=O) groups is 1. The predicted molar refractivity (Wildman–Crippen MR) is 104 cm³/mol. The number of hydrogen-bond donors (Lipinski definition) is 2. The largest absolute Gasteiger partial charge is 0.497 e. The second-order valence-corrected chi connectivity index (χ2v) is 6.26. The molecule has 0 unspecified atom stereocenters. The summed E-state index contributed by atoms with van der Waals surface area (Å²) in [6.07, 6.45) is 3.80. The van der Waals surface area contributed by atoms with Gasteiger partial charge in [-0.05, 0) is 23.8 Å². The van der Waals surface area contributed by atoms with E-state index in [0.717, 1.165) is 5.56 Å². The predicted octanol–water partition coefficient (Wildman–Crippen LogP) is 3.71. The zero-order valence-electron chi connectivity index (χ0n) is 14.2. The number of carbonyl (C=O) groups excluding carboxylic acids is 1. The van der Waals surface area contributed by atoms with Crippen molar-refractivity contribution in [2.45, 2.75) is 5.16 Å². The number of anilines is 1. The third-order valence-corrected chi connectivity index (χ3v) is 4.25. The van der Waals surface area contributed by atoms with Crippen molar-refractivity contribution < 1.29 is 9.53 Å². The van der Waals surface area contributed by atoms with Crippen LogP contribution in [-0.4, -0.2) is 34.0 Å². The minimum absolute atomic E-state index is 0.130. The summed E-state index contributed by atoms with van der Waals surface area (Å²) in [5, 5.41) is 10.3. The molecule has 0 fully saturated rings. The number of nitrogens with zero attached hydrogens (tertiary/aromatic N) is 2. The van der Waals surface area contributed by atoms with Crippen molar-refractivity contribution in [3.8, 4) is 5.75 Å². The normalized spacial score (nSPS) is 10.8. The van der Waals surface area contributed by atoms with Crippen molar-refractivity contribution in [3.05, 3.63) is 66.0 Å². The molecule has 0 saturated heterocycles. The lowest BCUT2D eigenvalue weighted by atomic mass is 10.2. The first-order valence-electron chi connectivity index (χ1n) is 7.95. The molecular weight excluding hydrogens is 348 g/mol. The van der Waals surface area contributed by atoms with Gasteiger partial charge in [0.2, 0.25) is 11.1 Å². The molecule has 0 radical (unpaired) electrons. The summed E-state index contributed by atoms with van der Waals surface area (Å²) in [6.45, 7) is 0. The van der Waals surface area contributed by atoms with Crippen LogP contribution in [0.2, 0.25) is 0 Å². The Hall–Kier alpha value is -3.06.